The molecule has 0 atom stereocenters. The zero-order valence-corrected chi connectivity index (χ0v) is 7.89. The van der Waals surface area contributed by atoms with Gasteiger partial charge in [-0.2, -0.15) is 0 Å². The van der Waals surface area contributed by atoms with Crippen molar-refractivity contribution in [3.63, 3.8) is 0 Å². The minimum atomic E-state index is -2.97. The number of hydrogen-bond donors (Lipinski definition) is 0. The van der Waals surface area contributed by atoms with E-state index in [1.54, 1.807) is 0 Å². The van der Waals surface area contributed by atoms with Crippen molar-refractivity contribution in [3.8, 4) is 0 Å². The third-order valence-corrected chi connectivity index (χ3v) is 1.90. The van der Waals surface area contributed by atoms with Crippen LogP contribution in [0.25, 0.3) is 0 Å². The first kappa shape index (κ1) is 11.1. The first-order valence-corrected chi connectivity index (χ1v) is 3.97. The molecule has 1 heterocycles. The van der Waals surface area contributed by atoms with Gasteiger partial charge in [0.2, 0.25) is 5.69 Å². The Bertz CT molecular complexity index is 386. The summed E-state index contributed by atoms with van der Waals surface area (Å²) in [6, 6.07) is 0.871. The van der Waals surface area contributed by atoms with Crippen LogP contribution in [0.5, 0.6) is 0 Å². The number of alkyl halides is 2. The summed E-state index contributed by atoms with van der Waals surface area (Å²) in [7, 11) is 0. The summed E-state index contributed by atoms with van der Waals surface area (Å²) in [4.78, 5) is 12.4. The predicted octanol–water partition coefficient (Wildman–Crippen LogP) is 3.23. The van der Waals surface area contributed by atoms with Crippen LogP contribution in [0.2, 0.25) is 10.0 Å². The molecule has 0 unspecified atom stereocenters. The number of rotatable bonds is 2. The number of nitro groups is 1. The van der Waals surface area contributed by atoms with E-state index in [9.17, 15) is 18.9 Å². The molecule has 76 valence electrons. The van der Waals surface area contributed by atoms with Crippen LogP contribution in [0.3, 0.4) is 0 Å². The Balaban J connectivity index is 3.34. The Hall–Kier alpha value is -1.01. The fourth-order valence-electron chi connectivity index (χ4n) is 0.752. The fourth-order valence-corrected chi connectivity index (χ4v) is 1.26. The summed E-state index contributed by atoms with van der Waals surface area (Å²) < 4.78 is 24.4. The maximum absolute atomic E-state index is 12.2. The lowest BCUT2D eigenvalue weighted by molar-refractivity contribution is -0.389. The first-order chi connectivity index (χ1) is 6.43. The Morgan fingerprint density at radius 1 is 1.43 bits per heavy atom. The Labute approximate surface area is 86.6 Å². The second-order valence-corrected chi connectivity index (χ2v) is 3.03. The average Bonchev–Trinajstić information content (AvgIpc) is 2.02. The summed E-state index contributed by atoms with van der Waals surface area (Å²) in [6.07, 6.45) is -2.97. The van der Waals surface area contributed by atoms with Crippen molar-refractivity contribution in [1.82, 2.24) is 4.98 Å². The van der Waals surface area contributed by atoms with Crippen LogP contribution >= 0.6 is 23.2 Å². The van der Waals surface area contributed by atoms with Crippen LogP contribution < -0.4 is 0 Å². The molecule has 0 radical (unpaired) electrons. The first-order valence-electron chi connectivity index (χ1n) is 3.22. The van der Waals surface area contributed by atoms with Crippen LogP contribution in [0, 0.1) is 10.1 Å². The Kier molecular flexibility index (Phi) is 3.17. The van der Waals surface area contributed by atoms with Crippen LogP contribution in [-0.2, 0) is 0 Å². The molecule has 4 nitrogen and oxygen atoms in total. The third-order valence-electron chi connectivity index (χ3n) is 1.32. The van der Waals surface area contributed by atoms with Crippen LogP contribution in [0.15, 0.2) is 6.07 Å². The fraction of sp³-hybridized carbons (Fsp3) is 0.167. The maximum atomic E-state index is 12.2. The molecule has 1 aromatic rings. The lowest BCUT2D eigenvalue weighted by Crippen LogP contribution is -1.99. The molecule has 1 aromatic heterocycles. The molecular formula is C6H2Cl2F2N2O2. The van der Waals surface area contributed by atoms with E-state index >= 15 is 0 Å². The van der Waals surface area contributed by atoms with Gasteiger partial charge in [0, 0.05) is 0 Å². The molecule has 0 fully saturated rings. The molecule has 0 saturated carbocycles. The average molecular weight is 243 g/mol. The molecular weight excluding hydrogens is 241 g/mol. The zero-order valence-electron chi connectivity index (χ0n) is 6.38. The van der Waals surface area contributed by atoms with E-state index in [2.05, 4.69) is 4.98 Å². The SMILES string of the molecule is O=[N+]([O-])c1nc(C(F)F)c(Cl)cc1Cl. The number of hydrogen-bond acceptors (Lipinski definition) is 3. The van der Waals surface area contributed by atoms with E-state index in [1.165, 1.54) is 0 Å². The third kappa shape index (κ3) is 2.08. The van der Waals surface area contributed by atoms with Crippen molar-refractivity contribution < 1.29 is 13.7 Å². The number of pyridine rings is 1. The molecule has 8 heteroatoms. The summed E-state index contributed by atoms with van der Waals surface area (Å²) in [5.41, 5.74) is -0.845. The van der Waals surface area contributed by atoms with Crippen LogP contribution in [0.1, 0.15) is 12.1 Å². The highest BCUT2D eigenvalue weighted by molar-refractivity contribution is 6.36. The smallest absolute Gasteiger partial charge is 0.358 e. The number of nitrogens with zero attached hydrogens (tertiary/aromatic N) is 2. The van der Waals surface area contributed by atoms with Gasteiger partial charge in [0.25, 0.3) is 0 Å². The lowest BCUT2D eigenvalue weighted by Gasteiger charge is -1.99. The molecule has 0 bridgehead atoms. The molecule has 0 aliphatic rings. The molecule has 14 heavy (non-hydrogen) atoms. The molecule has 0 aliphatic carbocycles. The van der Waals surface area contributed by atoms with Gasteiger partial charge in [-0.05, 0) is 16.0 Å². The van der Waals surface area contributed by atoms with E-state index in [0.29, 0.717) is 0 Å². The molecule has 0 aromatic carbocycles. The van der Waals surface area contributed by atoms with Crippen molar-refractivity contribution >= 4 is 29.0 Å². The molecule has 0 spiro atoms. The minimum Gasteiger partial charge on any atom is -0.358 e. The summed E-state index contributed by atoms with van der Waals surface area (Å²) in [5.74, 6) is -0.827. The summed E-state index contributed by atoms with van der Waals surface area (Å²) in [5, 5.41) is 9.51. The van der Waals surface area contributed by atoms with E-state index in [4.69, 9.17) is 23.2 Å². The number of aromatic nitrogens is 1. The highest BCUT2D eigenvalue weighted by Gasteiger charge is 2.25. The van der Waals surface area contributed by atoms with Crippen molar-refractivity contribution in [3.05, 3.63) is 31.9 Å². The van der Waals surface area contributed by atoms with Crippen molar-refractivity contribution in [1.29, 1.82) is 0 Å². The monoisotopic (exact) mass is 242 g/mol. The van der Waals surface area contributed by atoms with Crippen LogP contribution in [-0.4, -0.2) is 9.91 Å². The van der Waals surface area contributed by atoms with E-state index in [0.717, 1.165) is 6.07 Å². The Morgan fingerprint density at radius 3 is 2.43 bits per heavy atom. The second kappa shape index (κ2) is 4.02. The van der Waals surface area contributed by atoms with Crippen molar-refractivity contribution in [2.24, 2.45) is 0 Å². The van der Waals surface area contributed by atoms with Gasteiger partial charge in [-0.15, -0.1) is 0 Å². The maximum Gasteiger partial charge on any atom is 0.382 e. The predicted molar refractivity (Wildman–Crippen MR) is 45.9 cm³/mol. The zero-order chi connectivity index (χ0) is 10.9. The van der Waals surface area contributed by atoms with Gasteiger partial charge in [0.1, 0.15) is 5.02 Å². The highest BCUT2D eigenvalue weighted by Crippen LogP contribution is 2.32. The standard InChI is InChI=1S/C6H2Cl2F2N2O2/c7-2-1-3(8)6(12(13)14)11-4(2)5(9)10/h1,5H. The van der Waals surface area contributed by atoms with Gasteiger partial charge in [0.15, 0.2) is 0 Å². The van der Waals surface area contributed by atoms with E-state index < -0.39 is 27.9 Å². The summed E-state index contributed by atoms with van der Waals surface area (Å²) in [6.45, 7) is 0. The largest absolute Gasteiger partial charge is 0.382 e. The minimum absolute atomic E-state index is 0.371. The van der Waals surface area contributed by atoms with Crippen molar-refractivity contribution in [2.75, 3.05) is 0 Å². The second-order valence-electron chi connectivity index (χ2n) is 2.22. The van der Waals surface area contributed by atoms with E-state index in [1.807, 2.05) is 0 Å². The van der Waals surface area contributed by atoms with Gasteiger partial charge < -0.3 is 10.1 Å². The van der Waals surface area contributed by atoms with Gasteiger partial charge in [-0.1, -0.05) is 23.2 Å². The van der Waals surface area contributed by atoms with Crippen molar-refractivity contribution in [2.45, 2.75) is 6.43 Å². The normalized spacial score (nSPS) is 10.6. The quantitative estimate of drug-likeness (QED) is 0.591. The molecule has 0 N–H and O–H groups in total. The molecule has 0 aliphatic heterocycles. The van der Waals surface area contributed by atoms with Gasteiger partial charge >= 0.3 is 12.2 Å². The molecule has 0 amide bonds. The molecule has 1 rings (SSSR count). The van der Waals surface area contributed by atoms with Gasteiger partial charge in [0.05, 0.1) is 5.02 Å². The van der Waals surface area contributed by atoms with E-state index in [-0.39, 0.29) is 5.02 Å². The number of halogens is 4. The Morgan fingerprint density at radius 2 is 2.00 bits per heavy atom. The van der Waals surface area contributed by atoms with Crippen LogP contribution in [0.4, 0.5) is 14.6 Å². The topological polar surface area (TPSA) is 56.0 Å². The van der Waals surface area contributed by atoms with Gasteiger partial charge in [-0.3, -0.25) is 0 Å². The molecule has 0 saturated heterocycles. The highest BCUT2D eigenvalue weighted by atomic mass is 35.5. The summed E-state index contributed by atoms with van der Waals surface area (Å²) >= 11 is 10.7. The lowest BCUT2D eigenvalue weighted by atomic mass is 10.3. The van der Waals surface area contributed by atoms with Gasteiger partial charge in [-0.25, -0.2) is 8.78 Å².